The maximum Gasteiger partial charge on any atom is 0.146 e. The maximum absolute atomic E-state index is 5.61. The topological polar surface area (TPSA) is 9.23 Å². The second-order valence-electron chi connectivity index (χ2n) is 6.47. The summed E-state index contributed by atoms with van der Waals surface area (Å²) in [5.41, 5.74) is 0. The van der Waals surface area contributed by atoms with Gasteiger partial charge in [0, 0.05) is 3.42 Å². The van der Waals surface area contributed by atoms with Crippen molar-refractivity contribution < 1.29 is 4.43 Å². The number of rotatable bonds is 8. The monoisotopic (exact) mass is 396 g/mol. The van der Waals surface area contributed by atoms with Gasteiger partial charge in [0.05, 0.1) is 6.10 Å². The molecule has 114 valence electrons. The molecule has 0 bridgehead atoms. The standard InChI is InChI=1S/C16H33IOSi/c1-8-14(18-19)9-10-15(11(2)3)16(17,12(4)5)13(6)7/h9-15H,8H2,1-7,19H3/b10-9-. The van der Waals surface area contributed by atoms with E-state index in [1.807, 2.05) is 0 Å². The molecule has 0 aromatic carbocycles. The van der Waals surface area contributed by atoms with E-state index in [-0.39, 0.29) is 0 Å². The zero-order valence-corrected chi connectivity index (χ0v) is 18.2. The van der Waals surface area contributed by atoms with Crippen LogP contribution < -0.4 is 0 Å². The van der Waals surface area contributed by atoms with Crippen molar-refractivity contribution in [1.82, 2.24) is 0 Å². The highest BCUT2D eigenvalue weighted by molar-refractivity contribution is 14.1. The summed E-state index contributed by atoms with van der Waals surface area (Å²) in [7, 11) is 0.818. The molecule has 0 saturated carbocycles. The van der Waals surface area contributed by atoms with Gasteiger partial charge in [-0.3, -0.25) is 0 Å². The lowest BCUT2D eigenvalue weighted by Crippen LogP contribution is -2.43. The average Bonchev–Trinajstić information content (AvgIpc) is 2.33. The molecular weight excluding hydrogens is 363 g/mol. The SMILES string of the molecule is CCC(/C=C\C(C(C)C)C(I)(C(C)C)C(C)C)O[SiH3]. The van der Waals surface area contributed by atoms with Crippen molar-refractivity contribution >= 4 is 33.1 Å². The van der Waals surface area contributed by atoms with Gasteiger partial charge in [0.15, 0.2) is 0 Å². The van der Waals surface area contributed by atoms with E-state index in [0.717, 1.165) is 16.9 Å². The second kappa shape index (κ2) is 8.83. The van der Waals surface area contributed by atoms with Gasteiger partial charge >= 0.3 is 0 Å². The van der Waals surface area contributed by atoms with Crippen LogP contribution >= 0.6 is 22.6 Å². The van der Waals surface area contributed by atoms with Crippen molar-refractivity contribution in [2.24, 2.45) is 23.7 Å². The molecule has 0 aliphatic rings. The van der Waals surface area contributed by atoms with Crippen LogP contribution in [0.2, 0.25) is 0 Å². The molecular formula is C16H33IOSi. The van der Waals surface area contributed by atoms with Gasteiger partial charge in [-0.2, -0.15) is 0 Å². The van der Waals surface area contributed by atoms with E-state index in [4.69, 9.17) is 4.43 Å². The van der Waals surface area contributed by atoms with E-state index in [1.165, 1.54) is 0 Å². The molecule has 0 spiro atoms. The van der Waals surface area contributed by atoms with Gasteiger partial charge in [0.1, 0.15) is 10.5 Å². The Bertz CT molecular complexity index is 262. The number of alkyl halides is 1. The van der Waals surface area contributed by atoms with E-state index < -0.39 is 0 Å². The summed E-state index contributed by atoms with van der Waals surface area (Å²) < 4.78 is 5.92. The Morgan fingerprint density at radius 1 is 1.05 bits per heavy atom. The van der Waals surface area contributed by atoms with Crippen LogP contribution in [0.25, 0.3) is 0 Å². The highest BCUT2D eigenvalue weighted by Crippen LogP contribution is 2.46. The normalized spacial score (nSPS) is 17.0. The van der Waals surface area contributed by atoms with Crippen LogP contribution in [0.3, 0.4) is 0 Å². The highest BCUT2D eigenvalue weighted by Gasteiger charge is 2.41. The molecule has 0 heterocycles. The number of allylic oxidation sites excluding steroid dienone is 1. The Morgan fingerprint density at radius 3 is 1.79 bits per heavy atom. The predicted molar refractivity (Wildman–Crippen MR) is 99.0 cm³/mol. The van der Waals surface area contributed by atoms with Crippen molar-refractivity contribution in [2.45, 2.75) is 64.4 Å². The molecule has 0 N–H and O–H groups in total. The van der Waals surface area contributed by atoms with E-state index in [9.17, 15) is 0 Å². The number of halogens is 1. The first-order chi connectivity index (χ1) is 8.71. The molecule has 0 saturated heterocycles. The lowest BCUT2D eigenvalue weighted by molar-refractivity contribution is 0.232. The van der Waals surface area contributed by atoms with Gasteiger partial charge in [-0.25, -0.2) is 0 Å². The van der Waals surface area contributed by atoms with E-state index in [1.54, 1.807) is 0 Å². The summed E-state index contributed by atoms with van der Waals surface area (Å²) in [6.07, 6.45) is 6.12. The first-order valence-corrected chi connectivity index (χ1v) is 9.51. The molecule has 0 amide bonds. The fourth-order valence-electron chi connectivity index (χ4n) is 2.94. The fourth-order valence-corrected chi connectivity index (χ4v) is 4.36. The molecule has 0 aliphatic heterocycles. The summed E-state index contributed by atoms with van der Waals surface area (Å²) in [6.45, 7) is 16.3. The number of hydrogen-bond donors (Lipinski definition) is 0. The first-order valence-electron chi connectivity index (χ1n) is 7.61. The summed E-state index contributed by atoms with van der Waals surface area (Å²) in [5, 5.41) is 0. The summed E-state index contributed by atoms with van der Waals surface area (Å²) >= 11 is 2.72. The second-order valence-corrected chi connectivity index (χ2v) is 8.81. The van der Waals surface area contributed by atoms with E-state index in [0.29, 0.717) is 33.2 Å². The van der Waals surface area contributed by atoms with Crippen molar-refractivity contribution in [3.05, 3.63) is 12.2 Å². The van der Waals surface area contributed by atoms with Gasteiger partial charge in [-0.05, 0) is 30.1 Å². The number of hydrogen-bond acceptors (Lipinski definition) is 1. The Morgan fingerprint density at radius 2 is 1.53 bits per heavy atom. The first kappa shape index (κ1) is 19.6. The van der Waals surface area contributed by atoms with E-state index in [2.05, 4.69) is 83.2 Å². The third-order valence-corrected chi connectivity index (χ3v) is 8.05. The Balaban J connectivity index is 5.29. The molecule has 19 heavy (non-hydrogen) atoms. The van der Waals surface area contributed by atoms with Gasteiger partial charge in [0.2, 0.25) is 0 Å². The Hall–Kier alpha value is 0.647. The predicted octanol–water partition coefficient (Wildman–Crippen LogP) is 4.38. The summed E-state index contributed by atoms with van der Waals surface area (Å²) in [5.74, 6) is 2.59. The van der Waals surface area contributed by atoms with Gasteiger partial charge in [0.25, 0.3) is 0 Å². The van der Waals surface area contributed by atoms with Gasteiger partial charge in [-0.15, -0.1) is 0 Å². The minimum Gasteiger partial charge on any atom is -0.422 e. The van der Waals surface area contributed by atoms with Crippen LogP contribution in [-0.2, 0) is 4.43 Å². The largest absolute Gasteiger partial charge is 0.422 e. The molecule has 0 aromatic heterocycles. The lowest BCUT2D eigenvalue weighted by Gasteiger charge is -2.44. The van der Waals surface area contributed by atoms with Crippen molar-refractivity contribution in [2.75, 3.05) is 0 Å². The molecule has 1 nitrogen and oxygen atoms in total. The molecule has 0 aromatic rings. The molecule has 2 unspecified atom stereocenters. The molecule has 0 rings (SSSR count). The van der Waals surface area contributed by atoms with Crippen molar-refractivity contribution in [3.8, 4) is 0 Å². The van der Waals surface area contributed by atoms with Crippen LogP contribution in [-0.4, -0.2) is 20.0 Å². The van der Waals surface area contributed by atoms with Crippen molar-refractivity contribution in [1.29, 1.82) is 0 Å². The van der Waals surface area contributed by atoms with Crippen LogP contribution in [0.15, 0.2) is 12.2 Å². The minimum atomic E-state index is 0.311. The van der Waals surface area contributed by atoms with Gasteiger partial charge in [-0.1, -0.05) is 83.2 Å². The minimum absolute atomic E-state index is 0.311. The molecule has 2 atom stereocenters. The van der Waals surface area contributed by atoms with E-state index >= 15 is 0 Å². The third-order valence-electron chi connectivity index (χ3n) is 4.24. The molecule has 0 radical (unpaired) electrons. The van der Waals surface area contributed by atoms with Crippen LogP contribution in [0.4, 0.5) is 0 Å². The molecule has 0 aliphatic carbocycles. The Labute approximate surface area is 137 Å². The average molecular weight is 396 g/mol. The van der Waals surface area contributed by atoms with Crippen LogP contribution in [0, 0.1) is 23.7 Å². The Kier molecular flexibility index (Phi) is 9.13. The van der Waals surface area contributed by atoms with Crippen molar-refractivity contribution in [3.63, 3.8) is 0 Å². The summed E-state index contributed by atoms with van der Waals surface area (Å²) in [6, 6.07) is 0. The lowest BCUT2D eigenvalue weighted by atomic mass is 9.71. The zero-order valence-electron chi connectivity index (χ0n) is 14.0. The summed E-state index contributed by atoms with van der Waals surface area (Å²) in [4.78, 5) is 0. The van der Waals surface area contributed by atoms with Crippen LogP contribution in [0.5, 0.6) is 0 Å². The molecule has 0 fully saturated rings. The fraction of sp³-hybridized carbons (Fsp3) is 0.875. The van der Waals surface area contributed by atoms with Crippen LogP contribution in [0.1, 0.15) is 54.9 Å². The third kappa shape index (κ3) is 5.16. The highest BCUT2D eigenvalue weighted by atomic mass is 127. The zero-order chi connectivity index (χ0) is 15.2. The van der Waals surface area contributed by atoms with Gasteiger partial charge < -0.3 is 4.43 Å². The quantitative estimate of drug-likeness (QED) is 0.256. The smallest absolute Gasteiger partial charge is 0.146 e. The molecule has 3 heteroatoms. The maximum atomic E-state index is 5.61.